The molecule has 1 saturated heterocycles. The Hall–Kier alpha value is -2.66. The molecule has 0 aromatic heterocycles. The second-order valence-corrected chi connectivity index (χ2v) is 8.25. The SMILES string of the molecule is C=Nc1cc(Cl)ccc1C(=O)N(C)CC1CCN(C(=O)CCc2ccccc2)CC1. The summed E-state index contributed by atoms with van der Waals surface area (Å²) in [5.74, 6) is 0.504. The van der Waals surface area contributed by atoms with E-state index >= 15 is 0 Å². The predicted octanol–water partition coefficient (Wildman–Crippen LogP) is 4.62. The number of carbonyl (C=O) groups excluding carboxylic acids is 2. The number of aryl methyl sites for hydroxylation is 1. The Kier molecular flexibility index (Phi) is 7.63. The Labute approximate surface area is 183 Å². The number of benzene rings is 2. The topological polar surface area (TPSA) is 53.0 Å². The molecule has 2 amide bonds. The zero-order chi connectivity index (χ0) is 21.5. The van der Waals surface area contributed by atoms with E-state index in [0.717, 1.165) is 32.4 Å². The van der Waals surface area contributed by atoms with Crippen molar-refractivity contribution in [3.05, 3.63) is 64.7 Å². The molecule has 1 heterocycles. The Bertz CT molecular complexity index is 893. The number of amides is 2. The fraction of sp³-hybridized carbons (Fsp3) is 0.375. The Morgan fingerprint density at radius 1 is 1.17 bits per heavy atom. The average molecular weight is 426 g/mol. The highest BCUT2D eigenvalue weighted by atomic mass is 35.5. The minimum atomic E-state index is -0.0876. The molecule has 0 saturated carbocycles. The highest BCUT2D eigenvalue weighted by molar-refractivity contribution is 6.31. The maximum atomic E-state index is 12.8. The molecule has 1 aliphatic rings. The van der Waals surface area contributed by atoms with Crippen LogP contribution in [-0.4, -0.2) is 55.0 Å². The summed E-state index contributed by atoms with van der Waals surface area (Å²) >= 11 is 5.99. The highest BCUT2D eigenvalue weighted by Crippen LogP contribution is 2.26. The van der Waals surface area contributed by atoms with Gasteiger partial charge in [0.05, 0.1) is 11.3 Å². The molecule has 1 aliphatic heterocycles. The van der Waals surface area contributed by atoms with Gasteiger partial charge in [-0.05, 0) is 55.7 Å². The number of aliphatic imine (C=N–C) groups is 1. The molecular formula is C24H28ClN3O2. The lowest BCUT2D eigenvalue weighted by Crippen LogP contribution is -2.42. The van der Waals surface area contributed by atoms with Crippen LogP contribution < -0.4 is 0 Å². The second-order valence-electron chi connectivity index (χ2n) is 7.82. The number of halogens is 1. The summed E-state index contributed by atoms with van der Waals surface area (Å²) in [5.41, 5.74) is 2.19. The number of carbonyl (C=O) groups is 2. The van der Waals surface area contributed by atoms with Crippen molar-refractivity contribution in [1.29, 1.82) is 0 Å². The molecule has 158 valence electrons. The van der Waals surface area contributed by atoms with Gasteiger partial charge in [-0.15, -0.1) is 0 Å². The lowest BCUT2D eigenvalue weighted by Gasteiger charge is -2.34. The minimum Gasteiger partial charge on any atom is -0.343 e. The van der Waals surface area contributed by atoms with Gasteiger partial charge < -0.3 is 9.80 Å². The summed E-state index contributed by atoms with van der Waals surface area (Å²) < 4.78 is 0. The molecule has 0 aliphatic carbocycles. The van der Waals surface area contributed by atoms with E-state index in [9.17, 15) is 9.59 Å². The van der Waals surface area contributed by atoms with Gasteiger partial charge in [0.1, 0.15) is 0 Å². The van der Waals surface area contributed by atoms with E-state index in [1.165, 1.54) is 5.56 Å². The third kappa shape index (κ3) is 5.70. The van der Waals surface area contributed by atoms with E-state index in [1.807, 2.05) is 23.1 Å². The number of rotatable bonds is 7. The molecule has 0 spiro atoms. The number of nitrogens with zero attached hydrogens (tertiary/aromatic N) is 3. The van der Waals surface area contributed by atoms with Crippen molar-refractivity contribution in [3.63, 3.8) is 0 Å². The van der Waals surface area contributed by atoms with Crippen molar-refractivity contribution < 1.29 is 9.59 Å². The first kappa shape index (κ1) is 22.0. The van der Waals surface area contributed by atoms with Crippen LogP contribution in [0.1, 0.15) is 35.2 Å². The summed E-state index contributed by atoms with van der Waals surface area (Å²) in [6.45, 7) is 5.69. The van der Waals surface area contributed by atoms with Gasteiger partial charge in [0.25, 0.3) is 5.91 Å². The maximum absolute atomic E-state index is 12.8. The molecule has 5 nitrogen and oxygen atoms in total. The summed E-state index contributed by atoms with van der Waals surface area (Å²) in [6, 6.07) is 15.1. The Morgan fingerprint density at radius 3 is 2.53 bits per heavy atom. The lowest BCUT2D eigenvalue weighted by atomic mass is 9.95. The first-order valence-corrected chi connectivity index (χ1v) is 10.7. The highest BCUT2D eigenvalue weighted by Gasteiger charge is 2.25. The lowest BCUT2D eigenvalue weighted by molar-refractivity contribution is -0.132. The summed E-state index contributed by atoms with van der Waals surface area (Å²) in [6.07, 6.45) is 3.13. The van der Waals surface area contributed by atoms with Crippen LogP contribution in [0.25, 0.3) is 0 Å². The molecule has 0 N–H and O–H groups in total. The zero-order valence-corrected chi connectivity index (χ0v) is 18.1. The Morgan fingerprint density at radius 2 is 1.87 bits per heavy atom. The third-order valence-electron chi connectivity index (χ3n) is 5.68. The van der Waals surface area contributed by atoms with Crippen LogP contribution in [0.3, 0.4) is 0 Å². The number of hydrogen-bond donors (Lipinski definition) is 0. The number of likely N-dealkylation sites (tertiary alicyclic amines) is 1. The largest absolute Gasteiger partial charge is 0.343 e. The van der Waals surface area contributed by atoms with Gasteiger partial charge in [-0.1, -0.05) is 41.9 Å². The molecule has 0 bridgehead atoms. The fourth-order valence-electron chi connectivity index (χ4n) is 3.91. The standard InChI is InChI=1S/C24H28ClN3O2/c1-26-22-16-20(25)9-10-21(22)24(30)27(2)17-19-12-14-28(15-13-19)23(29)11-8-18-6-4-3-5-7-18/h3-7,9-10,16,19H,1,8,11-15,17H2,2H3. The van der Waals surface area contributed by atoms with Crippen molar-refractivity contribution in [2.24, 2.45) is 10.9 Å². The Balaban J connectivity index is 1.47. The van der Waals surface area contributed by atoms with Crippen molar-refractivity contribution in [1.82, 2.24) is 9.80 Å². The van der Waals surface area contributed by atoms with Crippen LogP contribution in [0.2, 0.25) is 5.02 Å². The number of piperidine rings is 1. The fourth-order valence-corrected chi connectivity index (χ4v) is 4.08. The van der Waals surface area contributed by atoms with Crippen molar-refractivity contribution in [2.45, 2.75) is 25.7 Å². The van der Waals surface area contributed by atoms with Gasteiger partial charge in [0.2, 0.25) is 5.91 Å². The van der Waals surface area contributed by atoms with Gasteiger partial charge in [0.15, 0.2) is 0 Å². The van der Waals surface area contributed by atoms with Crippen molar-refractivity contribution >= 4 is 35.8 Å². The first-order chi connectivity index (χ1) is 14.5. The van der Waals surface area contributed by atoms with Crippen molar-refractivity contribution in [3.8, 4) is 0 Å². The van der Waals surface area contributed by atoms with E-state index in [4.69, 9.17) is 11.6 Å². The first-order valence-electron chi connectivity index (χ1n) is 10.3. The quantitative estimate of drug-likeness (QED) is 0.608. The average Bonchev–Trinajstić information content (AvgIpc) is 2.78. The van der Waals surface area contributed by atoms with Crippen LogP contribution >= 0.6 is 11.6 Å². The van der Waals surface area contributed by atoms with E-state index < -0.39 is 0 Å². The van der Waals surface area contributed by atoms with E-state index in [2.05, 4.69) is 23.8 Å². The minimum absolute atomic E-state index is 0.0876. The summed E-state index contributed by atoms with van der Waals surface area (Å²) in [7, 11) is 1.81. The molecule has 0 atom stereocenters. The molecule has 3 rings (SSSR count). The van der Waals surface area contributed by atoms with Gasteiger partial charge in [-0.25, -0.2) is 0 Å². The second kappa shape index (κ2) is 10.4. The van der Waals surface area contributed by atoms with E-state index in [-0.39, 0.29) is 11.8 Å². The summed E-state index contributed by atoms with van der Waals surface area (Å²) in [5, 5.41) is 0.529. The third-order valence-corrected chi connectivity index (χ3v) is 5.91. The van der Waals surface area contributed by atoms with Crippen molar-refractivity contribution in [2.75, 3.05) is 26.7 Å². The number of hydrogen-bond acceptors (Lipinski definition) is 3. The molecule has 30 heavy (non-hydrogen) atoms. The smallest absolute Gasteiger partial charge is 0.255 e. The molecular weight excluding hydrogens is 398 g/mol. The molecule has 6 heteroatoms. The van der Waals surface area contributed by atoms with Crippen LogP contribution in [-0.2, 0) is 11.2 Å². The van der Waals surface area contributed by atoms with Crippen LogP contribution in [0.4, 0.5) is 5.69 Å². The summed E-state index contributed by atoms with van der Waals surface area (Å²) in [4.78, 5) is 33.0. The van der Waals surface area contributed by atoms with Crippen LogP contribution in [0.15, 0.2) is 53.5 Å². The maximum Gasteiger partial charge on any atom is 0.255 e. The molecule has 0 radical (unpaired) electrons. The van der Waals surface area contributed by atoms with Gasteiger partial charge in [0, 0.05) is 38.1 Å². The van der Waals surface area contributed by atoms with Gasteiger partial charge in [-0.3, -0.25) is 14.6 Å². The van der Waals surface area contributed by atoms with E-state index in [1.54, 1.807) is 30.1 Å². The van der Waals surface area contributed by atoms with E-state index in [0.29, 0.717) is 35.2 Å². The van der Waals surface area contributed by atoms with Crippen LogP contribution in [0.5, 0.6) is 0 Å². The van der Waals surface area contributed by atoms with Gasteiger partial charge >= 0.3 is 0 Å². The van der Waals surface area contributed by atoms with Gasteiger partial charge in [-0.2, -0.15) is 0 Å². The molecule has 1 fully saturated rings. The molecule has 2 aromatic carbocycles. The predicted molar refractivity (Wildman–Crippen MR) is 122 cm³/mol. The normalized spacial score (nSPS) is 14.4. The van der Waals surface area contributed by atoms with Crippen LogP contribution in [0, 0.1) is 5.92 Å². The monoisotopic (exact) mass is 425 g/mol. The molecule has 0 unspecified atom stereocenters. The molecule has 2 aromatic rings. The zero-order valence-electron chi connectivity index (χ0n) is 17.4.